The van der Waals surface area contributed by atoms with Gasteiger partial charge in [0.2, 0.25) is 10.0 Å². The number of carboxylic acids is 1. The zero-order valence-corrected chi connectivity index (χ0v) is 28.1. The average molecular weight is 621 g/mol. The van der Waals surface area contributed by atoms with Crippen LogP contribution in [0.5, 0.6) is 0 Å². The number of aldehydes is 1. The zero-order valence-electron chi connectivity index (χ0n) is 27.3. The molecule has 0 radical (unpaired) electrons. The van der Waals surface area contributed by atoms with Crippen molar-refractivity contribution in [2.24, 2.45) is 52.3 Å². The monoisotopic (exact) mass is 620 g/mol. The van der Waals surface area contributed by atoms with Gasteiger partial charge in [0.1, 0.15) is 11.7 Å². The van der Waals surface area contributed by atoms with Gasteiger partial charge in [-0.05, 0) is 87.1 Å². The summed E-state index contributed by atoms with van der Waals surface area (Å²) in [6.07, 6.45) is 12.6. The molecule has 8 nitrogen and oxygen atoms in total. The first kappa shape index (κ1) is 33.1. The van der Waals surface area contributed by atoms with Crippen LogP contribution in [-0.4, -0.2) is 74.8 Å². The molecule has 0 aromatic carbocycles. The van der Waals surface area contributed by atoms with E-state index >= 15 is 0 Å². The van der Waals surface area contributed by atoms with Crippen LogP contribution in [0, 0.1) is 52.3 Å². The molecule has 244 valence electrons. The van der Waals surface area contributed by atoms with Crippen molar-refractivity contribution < 1.29 is 27.9 Å². The summed E-state index contributed by atoms with van der Waals surface area (Å²) < 4.78 is 33.3. The van der Waals surface area contributed by atoms with E-state index in [0.29, 0.717) is 24.2 Å². The first-order chi connectivity index (χ1) is 20.3. The molecule has 9 heteroatoms. The number of allylic oxidation sites excluding steroid dienone is 1. The Kier molecular flexibility index (Phi) is 9.60. The molecule has 0 spiro atoms. The molecule has 2 bridgehead atoms. The van der Waals surface area contributed by atoms with Crippen molar-refractivity contribution in [1.82, 2.24) is 9.62 Å². The third-order valence-corrected chi connectivity index (χ3v) is 13.3. The van der Waals surface area contributed by atoms with Crippen LogP contribution in [-0.2, 0) is 24.3 Å². The average Bonchev–Trinajstić information content (AvgIpc) is 3.67. The Hall–Kier alpha value is -1.29. The van der Waals surface area contributed by atoms with Gasteiger partial charge in [0.25, 0.3) is 0 Å². The number of nitrogens with one attached hydrogen (secondary N) is 1. The lowest BCUT2D eigenvalue weighted by Gasteiger charge is -2.50. The number of carboxylic acid groups (broad SMARTS) is 1. The summed E-state index contributed by atoms with van der Waals surface area (Å²) in [5.41, 5.74) is -1.17. The maximum Gasteiger partial charge on any atom is 0.315 e. The number of nitrogens with zero attached hydrogens (tertiary/aromatic N) is 1. The van der Waals surface area contributed by atoms with E-state index in [0.717, 1.165) is 82.9 Å². The van der Waals surface area contributed by atoms with Crippen molar-refractivity contribution in [2.75, 3.05) is 25.9 Å². The van der Waals surface area contributed by atoms with Crippen LogP contribution in [0.15, 0.2) is 11.6 Å². The Morgan fingerprint density at radius 3 is 2.44 bits per heavy atom. The highest BCUT2D eigenvalue weighted by Gasteiger charge is 2.77. The first-order valence-electron chi connectivity index (χ1n) is 17.1. The lowest BCUT2D eigenvalue weighted by molar-refractivity contribution is -0.167. The maximum absolute atomic E-state index is 13.9. The molecule has 2 N–H and O–H groups in total. The summed E-state index contributed by atoms with van der Waals surface area (Å²) >= 11 is 0. The number of ether oxygens (including phenoxy) is 1. The second kappa shape index (κ2) is 12.5. The molecule has 2 saturated carbocycles. The van der Waals surface area contributed by atoms with E-state index in [1.807, 2.05) is 0 Å². The van der Waals surface area contributed by atoms with Gasteiger partial charge < -0.3 is 19.5 Å². The summed E-state index contributed by atoms with van der Waals surface area (Å²) in [5.74, 6) is 0.247. The Bertz CT molecular complexity index is 1180. The third kappa shape index (κ3) is 5.67. The Morgan fingerprint density at radius 1 is 1.21 bits per heavy atom. The quantitative estimate of drug-likeness (QED) is 0.230. The Labute approximate surface area is 259 Å². The molecule has 3 aliphatic carbocycles. The number of piperidine rings is 1. The highest BCUT2D eigenvalue weighted by Crippen LogP contribution is 2.74. The normalized spacial score (nSPS) is 42.2. The van der Waals surface area contributed by atoms with Crippen LogP contribution in [0.25, 0.3) is 0 Å². The van der Waals surface area contributed by atoms with Crippen LogP contribution < -0.4 is 4.72 Å². The van der Waals surface area contributed by atoms with Gasteiger partial charge >= 0.3 is 5.97 Å². The van der Waals surface area contributed by atoms with Crippen molar-refractivity contribution in [3.8, 4) is 0 Å². The maximum atomic E-state index is 13.9. The van der Waals surface area contributed by atoms with Crippen LogP contribution in [0.2, 0.25) is 0 Å². The highest BCUT2D eigenvalue weighted by atomic mass is 32.2. The Morgan fingerprint density at radius 2 is 1.91 bits per heavy atom. The number of unbranched alkanes of at least 4 members (excludes halogenated alkanes) is 1. The van der Waals surface area contributed by atoms with Crippen molar-refractivity contribution in [1.29, 1.82) is 0 Å². The summed E-state index contributed by atoms with van der Waals surface area (Å²) in [4.78, 5) is 29.7. The number of hydrogen-bond acceptors (Lipinski definition) is 6. The van der Waals surface area contributed by atoms with E-state index < -0.39 is 26.8 Å². The lowest BCUT2D eigenvalue weighted by atomic mass is 9.51. The number of rotatable bonds is 12. The topological polar surface area (TPSA) is 113 Å². The van der Waals surface area contributed by atoms with Gasteiger partial charge in [-0.2, -0.15) is 0 Å². The second-order valence-corrected chi connectivity index (χ2v) is 17.1. The molecule has 4 fully saturated rings. The molecule has 2 aliphatic heterocycles. The van der Waals surface area contributed by atoms with E-state index in [2.05, 4.69) is 50.3 Å². The summed E-state index contributed by atoms with van der Waals surface area (Å²) in [6, 6.07) is -0.0263. The van der Waals surface area contributed by atoms with Gasteiger partial charge in [-0.25, -0.2) is 13.1 Å². The minimum atomic E-state index is -3.22. The number of hydrogen-bond donors (Lipinski definition) is 2. The first-order valence-corrected chi connectivity index (χ1v) is 18.9. The number of sulfonamides is 1. The van der Waals surface area contributed by atoms with Crippen LogP contribution >= 0.6 is 0 Å². The highest BCUT2D eigenvalue weighted by molar-refractivity contribution is 7.88. The smallest absolute Gasteiger partial charge is 0.315 e. The second-order valence-electron chi connectivity index (χ2n) is 15.3. The van der Waals surface area contributed by atoms with Crippen molar-refractivity contribution in [3.05, 3.63) is 11.6 Å². The van der Waals surface area contributed by atoms with E-state index in [-0.39, 0.29) is 41.9 Å². The molecule has 5 aliphatic rings. The summed E-state index contributed by atoms with van der Waals surface area (Å²) in [5, 5.41) is 11.3. The fourth-order valence-electron chi connectivity index (χ4n) is 10.6. The zero-order chi connectivity index (χ0) is 31.3. The number of carbonyl (C=O) groups excluding carboxylic acids is 1. The van der Waals surface area contributed by atoms with Crippen LogP contribution in [0.1, 0.15) is 92.4 Å². The van der Waals surface area contributed by atoms with Crippen molar-refractivity contribution in [3.63, 3.8) is 0 Å². The number of fused-ring (bicyclic) bond motifs is 2. The fourth-order valence-corrected chi connectivity index (χ4v) is 11.4. The molecule has 8 unspecified atom stereocenters. The minimum absolute atomic E-state index is 0.0142. The lowest BCUT2D eigenvalue weighted by Crippen LogP contribution is -2.56. The van der Waals surface area contributed by atoms with E-state index in [1.54, 1.807) is 0 Å². The van der Waals surface area contributed by atoms with Gasteiger partial charge in [-0.3, -0.25) is 4.79 Å². The molecule has 0 aromatic rings. The van der Waals surface area contributed by atoms with Crippen LogP contribution in [0.4, 0.5) is 0 Å². The molecule has 5 rings (SSSR count). The van der Waals surface area contributed by atoms with Crippen molar-refractivity contribution in [2.45, 2.75) is 111 Å². The summed E-state index contributed by atoms with van der Waals surface area (Å²) in [7, 11) is -3.22. The third-order valence-electron chi connectivity index (χ3n) is 12.6. The molecule has 0 amide bonds. The van der Waals surface area contributed by atoms with E-state index in [4.69, 9.17) is 4.74 Å². The largest absolute Gasteiger partial charge is 0.481 e. The van der Waals surface area contributed by atoms with Gasteiger partial charge in [0, 0.05) is 23.9 Å². The van der Waals surface area contributed by atoms with Crippen molar-refractivity contribution >= 4 is 22.3 Å². The molecule has 43 heavy (non-hydrogen) atoms. The standard InChI is InChI=1S/C34H56N2O6S/c1-7-8-9-24-17-29(42-30(24)19-36-14-12-26(13-15-36)35-43(6,40)41)31-25-16-28(21(2)3)34(31,32(38)39)33(18-25,20-37)27-11-10-22(4)23(27)5/h16,20-27,29-31,35H,7-15,17-19H2,1-6H3,(H,38,39)/t22-,23?,24?,25?,27-,29?,30?,31?,33?,34?/m1/s1. The van der Waals surface area contributed by atoms with Gasteiger partial charge in [-0.1, -0.05) is 65.5 Å². The van der Waals surface area contributed by atoms with Gasteiger partial charge in [0.05, 0.1) is 18.5 Å². The minimum Gasteiger partial charge on any atom is -0.481 e. The molecular formula is C34H56N2O6S. The molecule has 2 heterocycles. The molecule has 10 atom stereocenters. The predicted molar refractivity (Wildman–Crippen MR) is 168 cm³/mol. The van der Waals surface area contributed by atoms with E-state index in [9.17, 15) is 23.1 Å². The Balaban J connectivity index is 1.43. The number of aliphatic carboxylic acids is 1. The SMILES string of the molecule is CCCCC1CC(C2C3C=C(C(C)C)C2(C(=O)O)C(C=O)([C@@H]2CC[C@@H](C)C2C)C3)OC1CN1CCC(NS(C)(=O)=O)CC1. The molecule has 2 saturated heterocycles. The molecule has 0 aromatic heterocycles. The van der Waals surface area contributed by atoms with Crippen LogP contribution in [0.3, 0.4) is 0 Å². The predicted octanol–water partition coefficient (Wildman–Crippen LogP) is 5.13. The van der Waals surface area contributed by atoms with E-state index in [1.165, 1.54) is 6.26 Å². The fraction of sp³-hybridized carbons (Fsp3) is 0.882. The summed E-state index contributed by atoms with van der Waals surface area (Å²) in [6.45, 7) is 13.3. The number of likely N-dealkylation sites (tertiary alicyclic amines) is 1. The molecular weight excluding hydrogens is 564 g/mol. The van der Waals surface area contributed by atoms with Gasteiger partial charge in [-0.15, -0.1) is 0 Å². The number of carbonyl (C=O) groups is 2. The van der Waals surface area contributed by atoms with Gasteiger partial charge in [0.15, 0.2) is 0 Å².